The summed E-state index contributed by atoms with van der Waals surface area (Å²) in [6.45, 7) is 1.47. The molecule has 0 N–H and O–H groups in total. The molecule has 0 atom stereocenters. The number of rotatable bonds is 2. The molecule has 90 valence electrons. The lowest BCUT2D eigenvalue weighted by molar-refractivity contribution is 0.0590. The summed E-state index contributed by atoms with van der Waals surface area (Å²) >= 11 is 0. The molecule has 1 aliphatic rings. The van der Waals surface area contributed by atoms with Crippen LogP contribution in [0.1, 0.15) is 51.9 Å². The maximum absolute atomic E-state index is 11.6. The first kappa shape index (κ1) is 11.7. The van der Waals surface area contributed by atoms with E-state index in [9.17, 15) is 9.59 Å². The largest absolute Gasteiger partial charge is 0.464 e. The number of fused-ring (bicyclic) bond motifs is 1. The molecule has 0 fully saturated rings. The van der Waals surface area contributed by atoms with Crippen LogP contribution in [0.3, 0.4) is 0 Å². The van der Waals surface area contributed by atoms with Gasteiger partial charge >= 0.3 is 5.97 Å². The third kappa shape index (κ3) is 2.05. The van der Waals surface area contributed by atoms with E-state index in [0.29, 0.717) is 5.69 Å². The standard InChI is InChI=1S/C12H14N2O3/c1-7(15)10-8-5-3-4-6-9(8)11(14-13-10)12(16)17-2/h3-6H2,1-2H3. The van der Waals surface area contributed by atoms with Gasteiger partial charge in [0.25, 0.3) is 0 Å². The normalized spacial score (nSPS) is 14.0. The predicted molar refractivity (Wildman–Crippen MR) is 60.0 cm³/mol. The zero-order chi connectivity index (χ0) is 12.4. The van der Waals surface area contributed by atoms with Crippen molar-refractivity contribution in [3.05, 3.63) is 22.5 Å². The molecule has 0 saturated heterocycles. The van der Waals surface area contributed by atoms with Crippen LogP contribution >= 0.6 is 0 Å². The highest BCUT2D eigenvalue weighted by molar-refractivity contribution is 5.95. The number of ether oxygens (including phenoxy) is 1. The number of ketones is 1. The van der Waals surface area contributed by atoms with E-state index in [1.165, 1.54) is 14.0 Å². The quantitative estimate of drug-likeness (QED) is 0.570. The number of hydrogen-bond donors (Lipinski definition) is 0. The molecular formula is C12H14N2O3. The second-order valence-electron chi connectivity index (χ2n) is 4.11. The summed E-state index contributed by atoms with van der Waals surface area (Å²) in [5, 5.41) is 7.70. The molecule has 0 saturated carbocycles. The highest BCUT2D eigenvalue weighted by Gasteiger charge is 2.25. The number of carbonyl (C=O) groups is 2. The van der Waals surface area contributed by atoms with Gasteiger partial charge in [-0.2, -0.15) is 0 Å². The fraction of sp³-hybridized carbons (Fsp3) is 0.500. The second kappa shape index (κ2) is 4.61. The number of nitrogens with zero attached hydrogens (tertiary/aromatic N) is 2. The van der Waals surface area contributed by atoms with Gasteiger partial charge in [0.05, 0.1) is 7.11 Å². The van der Waals surface area contributed by atoms with Crippen molar-refractivity contribution in [2.45, 2.75) is 32.6 Å². The first-order valence-corrected chi connectivity index (χ1v) is 5.62. The van der Waals surface area contributed by atoms with Crippen LogP contribution in [0.25, 0.3) is 0 Å². The minimum Gasteiger partial charge on any atom is -0.464 e. The summed E-state index contributed by atoms with van der Waals surface area (Å²) in [6.07, 6.45) is 3.55. The summed E-state index contributed by atoms with van der Waals surface area (Å²) in [7, 11) is 1.32. The first-order chi connectivity index (χ1) is 8.15. The van der Waals surface area contributed by atoms with Crippen LogP contribution in [0.15, 0.2) is 0 Å². The third-order valence-electron chi connectivity index (χ3n) is 3.00. The molecule has 1 aromatic heterocycles. The Morgan fingerprint density at radius 2 is 1.59 bits per heavy atom. The maximum atomic E-state index is 11.6. The molecular weight excluding hydrogens is 220 g/mol. The van der Waals surface area contributed by atoms with Gasteiger partial charge in [0.15, 0.2) is 11.5 Å². The minimum atomic E-state index is -0.481. The van der Waals surface area contributed by atoms with Crippen molar-refractivity contribution in [1.82, 2.24) is 10.2 Å². The van der Waals surface area contributed by atoms with Crippen molar-refractivity contribution < 1.29 is 14.3 Å². The Hall–Kier alpha value is -1.78. The summed E-state index contributed by atoms with van der Waals surface area (Å²) in [6, 6.07) is 0. The molecule has 1 heterocycles. The number of methoxy groups -OCH3 is 1. The smallest absolute Gasteiger partial charge is 0.358 e. The van der Waals surface area contributed by atoms with Gasteiger partial charge in [-0.15, -0.1) is 10.2 Å². The lowest BCUT2D eigenvalue weighted by atomic mass is 9.89. The van der Waals surface area contributed by atoms with E-state index >= 15 is 0 Å². The van der Waals surface area contributed by atoms with Crippen molar-refractivity contribution in [2.75, 3.05) is 7.11 Å². The van der Waals surface area contributed by atoms with Crippen LogP contribution in [0.4, 0.5) is 0 Å². The number of hydrogen-bond acceptors (Lipinski definition) is 5. The van der Waals surface area contributed by atoms with Crippen LogP contribution in [0.2, 0.25) is 0 Å². The Bertz CT molecular complexity index is 483. The van der Waals surface area contributed by atoms with E-state index in [4.69, 9.17) is 0 Å². The van der Waals surface area contributed by atoms with Crippen LogP contribution in [-0.4, -0.2) is 29.1 Å². The van der Waals surface area contributed by atoms with Crippen molar-refractivity contribution in [3.63, 3.8) is 0 Å². The van der Waals surface area contributed by atoms with Gasteiger partial charge in [-0.1, -0.05) is 0 Å². The van der Waals surface area contributed by atoms with Crippen LogP contribution in [0, 0.1) is 0 Å². The van der Waals surface area contributed by atoms with Gasteiger partial charge in [0.2, 0.25) is 0 Å². The first-order valence-electron chi connectivity index (χ1n) is 5.62. The van der Waals surface area contributed by atoms with Crippen molar-refractivity contribution >= 4 is 11.8 Å². The Kier molecular flexibility index (Phi) is 3.17. The highest BCUT2D eigenvalue weighted by Crippen LogP contribution is 2.25. The SMILES string of the molecule is COC(=O)c1nnc(C(C)=O)c2c1CCCC2. The Morgan fingerprint density at radius 1 is 1.06 bits per heavy atom. The number of esters is 1. The van der Waals surface area contributed by atoms with Crippen molar-refractivity contribution in [3.8, 4) is 0 Å². The second-order valence-corrected chi connectivity index (χ2v) is 4.11. The molecule has 0 spiro atoms. The molecule has 0 bridgehead atoms. The maximum Gasteiger partial charge on any atom is 0.358 e. The molecule has 17 heavy (non-hydrogen) atoms. The zero-order valence-electron chi connectivity index (χ0n) is 9.95. The minimum absolute atomic E-state index is 0.105. The van der Waals surface area contributed by atoms with Gasteiger partial charge in [0.1, 0.15) is 5.69 Å². The van der Waals surface area contributed by atoms with Crippen LogP contribution in [0.5, 0.6) is 0 Å². The van der Waals surface area contributed by atoms with E-state index < -0.39 is 5.97 Å². The Labute approximate surface area is 99.2 Å². The van der Waals surface area contributed by atoms with Crippen molar-refractivity contribution in [2.24, 2.45) is 0 Å². The van der Waals surface area contributed by atoms with Gasteiger partial charge in [-0.05, 0) is 36.8 Å². The number of carbonyl (C=O) groups excluding carboxylic acids is 2. The summed E-state index contributed by atoms with van der Waals surface area (Å²) < 4.78 is 4.68. The van der Waals surface area contributed by atoms with E-state index in [0.717, 1.165) is 36.8 Å². The van der Waals surface area contributed by atoms with E-state index in [-0.39, 0.29) is 11.5 Å². The topological polar surface area (TPSA) is 69.2 Å². The molecule has 0 amide bonds. The Morgan fingerprint density at radius 3 is 2.12 bits per heavy atom. The summed E-state index contributed by atoms with van der Waals surface area (Å²) in [5.74, 6) is -0.585. The fourth-order valence-electron chi connectivity index (χ4n) is 2.19. The highest BCUT2D eigenvalue weighted by atomic mass is 16.5. The third-order valence-corrected chi connectivity index (χ3v) is 3.00. The van der Waals surface area contributed by atoms with Gasteiger partial charge < -0.3 is 4.74 Å². The van der Waals surface area contributed by atoms with Gasteiger partial charge in [0, 0.05) is 6.92 Å². The predicted octanol–water partition coefficient (Wildman–Crippen LogP) is 1.34. The van der Waals surface area contributed by atoms with Gasteiger partial charge in [-0.3, -0.25) is 4.79 Å². The monoisotopic (exact) mass is 234 g/mol. The zero-order valence-corrected chi connectivity index (χ0v) is 9.95. The molecule has 5 nitrogen and oxygen atoms in total. The molecule has 0 aliphatic heterocycles. The molecule has 2 rings (SSSR count). The average Bonchev–Trinajstić information content (AvgIpc) is 2.36. The van der Waals surface area contributed by atoms with Crippen LogP contribution < -0.4 is 0 Å². The molecule has 0 aromatic carbocycles. The van der Waals surface area contributed by atoms with Gasteiger partial charge in [-0.25, -0.2) is 4.79 Å². The Balaban J connectivity index is 2.58. The van der Waals surface area contributed by atoms with E-state index in [2.05, 4.69) is 14.9 Å². The van der Waals surface area contributed by atoms with E-state index in [1.807, 2.05) is 0 Å². The summed E-state index contributed by atoms with van der Waals surface area (Å²) in [4.78, 5) is 23.0. The molecule has 0 radical (unpaired) electrons. The average molecular weight is 234 g/mol. The van der Waals surface area contributed by atoms with Crippen LogP contribution in [-0.2, 0) is 17.6 Å². The lowest BCUT2D eigenvalue weighted by Gasteiger charge is -2.18. The summed E-state index contributed by atoms with van der Waals surface area (Å²) in [5.41, 5.74) is 2.36. The molecule has 0 unspecified atom stereocenters. The van der Waals surface area contributed by atoms with E-state index in [1.54, 1.807) is 0 Å². The fourth-order valence-corrected chi connectivity index (χ4v) is 2.19. The molecule has 5 heteroatoms. The van der Waals surface area contributed by atoms with Crippen molar-refractivity contribution in [1.29, 1.82) is 0 Å². The molecule has 1 aliphatic carbocycles. The molecule has 1 aromatic rings. The number of Topliss-reactive ketones (excluding diaryl/α,β-unsaturated/α-hetero) is 1. The lowest BCUT2D eigenvalue weighted by Crippen LogP contribution is -2.19. The number of aromatic nitrogens is 2.